The second kappa shape index (κ2) is 12.4. The summed E-state index contributed by atoms with van der Waals surface area (Å²) in [6.45, 7) is 6.75. The standard InChI is InChI=1S/C16H36OP/c1-4-7-10-13-16-18(17,14-11-8-5-2)15-12-9-6-3/h17H,4-16H2,1-3H3/q+1. The van der Waals surface area contributed by atoms with Crippen LogP contribution < -0.4 is 0 Å². The van der Waals surface area contributed by atoms with E-state index >= 15 is 0 Å². The number of hydrogen-bond donors (Lipinski definition) is 1. The third-order valence-electron chi connectivity index (χ3n) is 3.78. The van der Waals surface area contributed by atoms with Gasteiger partial charge in [0.1, 0.15) is 7.49 Å². The quantitative estimate of drug-likeness (QED) is 0.329. The molecule has 0 saturated heterocycles. The Kier molecular flexibility index (Phi) is 12.7. The first-order chi connectivity index (χ1) is 8.68. The maximum Gasteiger partial charge on any atom is 0.142 e. The van der Waals surface area contributed by atoms with E-state index < -0.39 is 7.49 Å². The fourth-order valence-electron chi connectivity index (χ4n) is 2.48. The van der Waals surface area contributed by atoms with Crippen molar-refractivity contribution in [3.63, 3.8) is 0 Å². The second-order valence-corrected chi connectivity index (χ2v) is 9.27. The summed E-state index contributed by atoms with van der Waals surface area (Å²) in [4.78, 5) is 10.9. The molecule has 0 unspecified atom stereocenters. The van der Waals surface area contributed by atoms with Gasteiger partial charge in [-0.2, -0.15) is 0 Å². The van der Waals surface area contributed by atoms with Crippen LogP contribution in [0.1, 0.15) is 85.0 Å². The van der Waals surface area contributed by atoms with E-state index in [2.05, 4.69) is 20.8 Å². The van der Waals surface area contributed by atoms with Crippen molar-refractivity contribution in [1.29, 1.82) is 0 Å². The molecule has 0 aliphatic rings. The van der Waals surface area contributed by atoms with Crippen LogP contribution in [0.25, 0.3) is 0 Å². The average molecular weight is 275 g/mol. The highest BCUT2D eigenvalue weighted by Gasteiger charge is 2.33. The smallest absolute Gasteiger partial charge is 0.142 e. The van der Waals surface area contributed by atoms with Crippen LogP contribution >= 0.6 is 7.49 Å². The summed E-state index contributed by atoms with van der Waals surface area (Å²) in [6, 6.07) is 0. The summed E-state index contributed by atoms with van der Waals surface area (Å²) in [5.41, 5.74) is 0. The van der Waals surface area contributed by atoms with Gasteiger partial charge in [-0.15, -0.1) is 0 Å². The third-order valence-corrected chi connectivity index (χ3v) is 7.23. The molecule has 1 nitrogen and oxygen atoms in total. The van der Waals surface area contributed by atoms with Crippen LogP contribution in [0.4, 0.5) is 0 Å². The number of unbranched alkanes of at least 4 members (excludes halogenated alkanes) is 7. The molecule has 18 heavy (non-hydrogen) atoms. The van der Waals surface area contributed by atoms with Crippen LogP contribution in [0.2, 0.25) is 0 Å². The molecule has 2 heteroatoms. The first kappa shape index (κ1) is 18.4. The van der Waals surface area contributed by atoms with E-state index in [0.717, 1.165) is 18.5 Å². The molecule has 0 atom stereocenters. The van der Waals surface area contributed by atoms with Crippen molar-refractivity contribution < 1.29 is 4.89 Å². The Labute approximate surface area is 116 Å². The van der Waals surface area contributed by atoms with Crippen molar-refractivity contribution in [2.75, 3.05) is 18.5 Å². The molecule has 0 rings (SSSR count). The lowest BCUT2D eigenvalue weighted by Gasteiger charge is -2.20. The highest BCUT2D eigenvalue weighted by molar-refractivity contribution is 7.70. The van der Waals surface area contributed by atoms with E-state index in [1.54, 1.807) is 0 Å². The third kappa shape index (κ3) is 10.3. The molecule has 1 N–H and O–H groups in total. The van der Waals surface area contributed by atoms with Gasteiger partial charge in [0.05, 0.1) is 18.5 Å². The van der Waals surface area contributed by atoms with Crippen molar-refractivity contribution in [1.82, 2.24) is 0 Å². The van der Waals surface area contributed by atoms with Crippen molar-refractivity contribution in [2.45, 2.75) is 85.0 Å². The van der Waals surface area contributed by atoms with E-state index in [4.69, 9.17) is 0 Å². The number of hydrogen-bond acceptors (Lipinski definition) is 1. The molecule has 0 amide bonds. The lowest BCUT2D eigenvalue weighted by atomic mass is 10.2. The molecule has 0 aliphatic heterocycles. The highest BCUT2D eigenvalue weighted by Crippen LogP contribution is 2.56. The van der Waals surface area contributed by atoms with Crippen LogP contribution in [-0.4, -0.2) is 23.4 Å². The van der Waals surface area contributed by atoms with Gasteiger partial charge in [0.15, 0.2) is 0 Å². The fourth-order valence-corrected chi connectivity index (χ4v) is 5.59. The first-order valence-corrected chi connectivity index (χ1v) is 10.6. The van der Waals surface area contributed by atoms with Crippen LogP contribution in [0.3, 0.4) is 0 Å². The molecule has 0 aromatic heterocycles. The zero-order valence-corrected chi connectivity index (χ0v) is 14.0. The Morgan fingerprint density at radius 3 is 1.28 bits per heavy atom. The van der Waals surface area contributed by atoms with Crippen molar-refractivity contribution in [3.05, 3.63) is 0 Å². The van der Waals surface area contributed by atoms with Gasteiger partial charge >= 0.3 is 0 Å². The molecule has 0 saturated carbocycles. The Morgan fingerprint density at radius 1 is 0.556 bits per heavy atom. The number of rotatable bonds is 13. The minimum atomic E-state index is -1.57. The van der Waals surface area contributed by atoms with Crippen LogP contribution in [0, 0.1) is 0 Å². The molecule has 0 bridgehead atoms. The normalized spacial score (nSPS) is 12.0. The van der Waals surface area contributed by atoms with Gasteiger partial charge in [-0.25, -0.2) is 0 Å². The monoisotopic (exact) mass is 275 g/mol. The minimum Gasteiger partial charge on any atom is -0.252 e. The maximum absolute atomic E-state index is 10.9. The first-order valence-electron chi connectivity index (χ1n) is 8.27. The maximum atomic E-state index is 10.9. The minimum absolute atomic E-state index is 1.14. The molecule has 0 spiro atoms. The molecule has 0 fully saturated rings. The predicted molar refractivity (Wildman–Crippen MR) is 86.9 cm³/mol. The van der Waals surface area contributed by atoms with Crippen LogP contribution in [0.15, 0.2) is 0 Å². The molecule has 0 aromatic carbocycles. The molecule has 0 heterocycles. The van der Waals surface area contributed by atoms with E-state index in [1.807, 2.05) is 0 Å². The summed E-state index contributed by atoms with van der Waals surface area (Å²) < 4.78 is 0. The van der Waals surface area contributed by atoms with E-state index in [1.165, 1.54) is 64.2 Å². The second-order valence-electron chi connectivity index (χ2n) is 5.74. The average Bonchev–Trinajstić information content (AvgIpc) is 2.36. The van der Waals surface area contributed by atoms with Crippen LogP contribution in [0.5, 0.6) is 0 Å². The Bertz CT molecular complexity index is 160. The van der Waals surface area contributed by atoms with Gasteiger partial charge < -0.3 is 0 Å². The van der Waals surface area contributed by atoms with Gasteiger partial charge in [0.25, 0.3) is 0 Å². The largest absolute Gasteiger partial charge is 0.252 e. The van der Waals surface area contributed by atoms with E-state index in [-0.39, 0.29) is 0 Å². The van der Waals surface area contributed by atoms with Gasteiger partial charge in [-0.3, -0.25) is 4.89 Å². The van der Waals surface area contributed by atoms with Gasteiger partial charge in [0.2, 0.25) is 0 Å². The zero-order valence-electron chi connectivity index (χ0n) is 13.1. The van der Waals surface area contributed by atoms with Crippen molar-refractivity contribution >= 4 is 7.49 Å². The zero-order chi connectivity index (χ0) is 13.7. The molecule has 0 aliphatic carbocycles. The fraction of sp³-hybridized carbons (Fsp3) is 1.00. The van der Waals surface area contributed by atoms with Gasteiger partial charge in [0, 0.05) is 0 Å². The lowest BCUT2D eigenvalue weighted by Crippen LogP contribution is -2.08. The lowest BCUT2D eigenvalue weighted by molar-refractivity contribution is 0.572. The Morgan fingerprint density at radius 2 is 0.889 bits per heavy atom. The van der Waals surface area contributed by atoms with E-state index in [9.17, 15) is 4.89 Å². The Balaban J connectivity index is 3.95. The van der Waals surface area contributed by atoms with E-state index in [0.29, 0.717) is 0 Å². The summed E-state index contributed by atoms with van der Waals surface area (Å²) in [7, 11) is -1.57. The topological polar surface area (TPSA) is 20.2 Å². The molecular formula is C16H36OP+. The van der Waals surface area contributed by atoms with Gasteiger partial charge in [-0.1, -0.05) is 59.3 Å². The van der Waals surface area contributed by atoms with Crippen molar-refractivity contribution in [3.8, 4) is 0 Å². The predicted octanol–water partition coefficient (Wildman–Crippen LogP) is 5.87. The molecular weight excluding hydrogens is 239 g/mol. The molecule has 0 aromatic rings. The summed E-state index contributed by atoms with van der Waals surface area (Å²) in [5.74, 6) is 0. The highest BCUT2D eigenvalue weighted by atomic mass is 31.2. The molecule has 110 valence electrons. The van der Waals surface area contributed by atoms with Gasteiger partial charge in [-0.05, 0) is 25.7 Å². The SMILES string of the molecule is CCCCCC[P+](O)(CCCCC)CCCCC. The Hall–Kier alpha value is 0.390. The summed E-state index contributed by atoms with van der Waals surface area (Å²) >= 11 is 0. The summed E-state index contributed by atoms with van der Waals surface area (Å²) in [6.07, 6.45) is 16.3. The van der Waals surface area contributed by atoms with Crippen LogP contribution in [-0.2, 0) is 0 Å². The summed E-state index contributed by atoms with van der Waals surface area (Å²) in [5, 5.41) is 0. The molecule has 0 radical (unpaired) electrons. The van der Waals surface area contributed by atoms with Crippen molar-refractivity contribution in [2.24, 2.45) is 0 Å².